The summed E-state index contributed by atoms with van der Waals surface area (Å²) in [5, 5.41) is 7.37. The topological polar surface area (TPSA) is 31.9 Å². The number of hydrogen-bond donors (Lipinski definition) is 1. The Bertz CT molecular complexity index is 251. The molecule has 1 N–H and O–H groups in total. The Balaban J connectivity index is 2.49. The van der Waals surface area contributed by atoms with Crippen molar-refractivity contribution in [3.8, 4) is 0 Å². The van der Waals surface area contributed by atoms with Gasteiger partial charge in [-0.05, 0) is 25.6 Å². The minimum atomic E-state index is 0.990. The smallest absolute Gasteiger partial charge is 0.0625 e. The van der Waals surface area contributed by atoms with Crippen molar-refractivity contribution in [2.75, 3.05) is 13.1 Å². The molecule has 0 spiro atoms. The standard InChI is InChI=1S/C11H21N3/c1-4-7-10-8-11(13-12-10)9-14(5-2)6-3/h8H,4-7,9H2,1-3H3,(H,12,13). The molecule has 0 bridgehead atoms. The molecule has 0 radical (unpaired) electrons. The third kappa shape index (κ3) is 3.14. The van der Waals surface area contributed by atoms with Crippen molar-refractivity contribution < 1.29 is 0 Å². The average Bonchev–Trinajstić information content (AvgIpc) is 2.63. The van der Waals surface area contributed by atoms with E-state index in [0.717, 1.165) is 32.5 Å². The van der Waals surface area contributed by atoms with E-state index in [0.29, 0.717) is 0 Å². The van der Waals surface area contributed by atoms with Gasteiger partial charge in [-0.1, -0.05) is 27.2 Å². The van der Waals surface area contributed by atoms with Crippen molar-refractivity contribution in [1.82, 2.24) is 15.1 Å². The van der Waals surface area contributed by atoms with Crippen LogP contribution >= 0.6 is 0 Å². The van der Waals surface area contributed by atoms with Crippen LogP contribution in [0.25, 0.3) is 0 Å². The molecule has 1 heterocycles. The van der Waals surface area contributed by atoms with Crippen LogP contribution in [0.4, 0.5) is 0 Å². The molecule has 0 saturated heterocycles. The molecule has 1 aromatic rings. The first-order valence-electron chi connectivity index (χ1n) is 5.55. The second kappa shape index (κ2) is 5.81. The van der Waals surface area contributed by atoms with Gasteiger partial charge in [-0.25, -0.2) is 0 Å². The summed E-state index contributed by atoms with van der Waals surface area (Å²) in [6.07, 6.45) is 2.24. The number of aryl methyl sites for hydroxylation is 1. The maximum absolute atomic E-state index is 4.28. The van der Waals surface area contributed by atoms with Crippen LogP contribution in [0, 0.1) is 0 Å². The molecule has 0 aliphatic carbocycles. The highest BCUT2D eigenvalue weighted by Crippen LogP contribution is 2.05. The summed E-state index contributed by atoms with van der Waals surface area (Å²) in [5.74, 6) is 0. The van der Waals surface area contributed by atoms with Gasteiger partial charge in [-0.15, -0.1) is 0 Å². The lowest BCUT2D eigenvalue weighted by Crippen LogP contribution is -2.22. The minimum absolute atomic E-state index is 0.990. The van der Waals surface area contributed by atoms with E-state index < -0.39 is 0 Å². The predicted octanol–water partition coefficient (Wildman–Crippen LogP) is 2.20. The molecular weight excluding hydrogens is 174 g/mol. The molecule has 0 aromatic carbocycles. The molecule has 0 saturated carbocycles. The SMILES string of the molecule is CCCc1cc(CN(CC)CC)[nH]n1. The first-order valence-corrected chi connectivity index (χ1v) is 5.55. The van der Waals surface area contributed by atoms with E-state index in [4.69, 9.17) is 0 Å². The number of aromatic amines is 1. The number of aromatic nitrogens is 2. The molecule has 14 heavy (non-hydrogen) atoms. The largest absolute Gasteiger partial charge is 0.298 e. The third-order valence-electron chi connectivity index (χ3n) is 2.48. The van der Waals surface area contributed by atoms with Gasteiger partial charge in [-0.3, -0.25) is 10.00 Å². The van der Waals surface area contributed by atoms with Crippen molar-refractivity contribution in [3.05, 3.63) is 17.5 Å². The maximum Gasteiger partial charge on any atom is 0.0625 e. The second-order valence-corrected chi connectivity index (χ2v) is 3.60. The van der Waals surface area contributed by atoms with E-state index in [-0.39, 0.29) is 0 Å². The van der Waals surface area contributed by atoms with Gasteiger partial charge in [0, 0.05) is 12.2 Å². The Morgan fingerprint density at radius 2 is 2.00 bits per heavy atom. The van der Waals surface area contributed by atoms with Gasteiger partial charge in [-0.2, -0.15) is 5.10 Å². The summed E-state index contributed by atoms with van der Waals surface area (Å²) in [6.45, 7) is 9.74. The van der Waals surface area contributed by atoms with Crippen LogP contribution in [0.1, 0.15) is 38.6 Å². The highest BCUT2D eigenvalue weighted by molar-refractivity contribution is 5.08. The zero-order valence-corrected chi connectivity index (χ0v) is 9.51. The zero-order valence-electron chi connectivity index (χ0n) is 9.51. The molecule has 3 heteroatoms. The van der Waals surface area contributed by atoms with Crippen molar-refractivity contribution >= 4 is 0 Å². The number of nitrogens with one attached hydrogen (secondary N) is 1. The van der Waals surface area contributed by atoms with E-state index >= 15 is 0 Å². The van der Waals surface area contributed by atoms with E-state index in [2.05, 4.69) is 41.9 Å². The second-order valence-electron chi connectivity index (χ2n) is 3.60. The summed E-state index contributed by atoms with van der Waals surface area (Å²) in [7, 11) is 0. The van der Waals surface area contributed by atoms with Crippen molar-refractivity contribution in [2.24, 2.45) is 0 Å². The van der Waals surface area contributed by atoms with Crippen LogP contribution in [-0.4, -0.2) is 28.2 Å². The molecule has 0 fully saturated rings. The Hall–Kier alpha value is -0.830. The molecule has 0 unspecified atom stereocenters. The van der Waals surface area contributed by atoms with E-state index in [9.17, 15) is 0 Å². The molecule has 80 valence electrons. The lowest BCUT2D eigenvalue weighted by atomic mass is 10.2. The van der Waals surface area contributed by atoms with Crippen LogP contribution in [0.2, 0.25) is 0 Å². The summed E-state index contributed by atoms with van der Waals surface area (Å²) in [4.78, 5) is 2.38. The van der Waals surface area contributed by atoms with Crippen LogP contribution < -0.4 is 0 Å². The van der Waals surface area contributed by atoms with Gasteiger partial charge in [0.15, 0.2) is 0 Å². The molecular formula is C11H21N3. The highest BCUT2D eigenvalue weighted by atomic mass is 15.2. The molecule has 1 rings (SSSR count). The Kier molecular flexibility index (Phi) is 4.66. The highest BCUT2D eigenvalue weighted by Gasteiger charge is 2.04. The average molecular weight is 195 g/mol. The van der Waals surface area contributed by atoms with Crippen LogP contribution in [0.15, 0.2) is 6.07 Å². The fourth-order valence-electron chi connectivity index (χ4n) is 1.56. The monoisotopic (exact) mass is 195 g/mol. The summed E-state index contributed by atoms with van der Waals surface area (Å²) >= 11 is 0. The molecule has 0 atom stereocenters. The normalized spacial score (nSPS) is 11.1. The molecule has 0 aliphatic heterocycles. The van der Waals surface area contributed by atoms with Crippen molar-refractivity contribution in [2.45, 2.75) is 40.2 Å². The number of rotatable bonds is 6. The van der Waals surface area contributed by atoms with Crippen LogP contribution in [-0.2, 0) is 13.0 Å². The summed E-state index contributed by atoms with van der Waals surface area (Å²) in [5.41, 5.74) is 2.42. The van der Waals surface area contributed by atoms with Crippen LogP contribution in [0.5, 0.6) is 0 Å². The van der Waals surface area contributed by atoms with Crippen LogP contribution in [0.3, 0.4) is 0 Å². The first-order chi connectivity index (χ1) is 6.80. The van der Waals surface area contributed by atoms with Crippen molar-refractivity contribution in [3.63, 3.8) is 0 Å². The molecule has 0 aliphatic rings. The number of nitrogens with zero attached hydrogens (tertiary/aromatic N) is 2. The van der Waals surface area contributed by atoms with E-state index in [1.807, 2.05) is 0 Å². The predicted molar refractivity (Wildman–Crippen MR) is 59.2 cm³/mol. The Morgan fingerprint density at radius 3 is 2.57 bits per heavy atom. The number of hydrogen-bond acceptors (Lipinski definition) is 2. The Labute approximate surface area is 86.5 Å². The van der Waals surface area contributed by atoms with E-state index in [1.165, 1.54) is 11.4 Å². The third-order valence-corrected chi connectivity index (χ3v) is 2.48. The number of H-pyrrole nitrogens is 1. The van der Waals surface area contributed by atoms with Gasteiger partial charge >= 0.3 is 0 Å². The van der Waals surface area contributed by atoms with Gasteiger partial charge < -0.3 is 0 Å². The van der Waals surface area contributed by atoms with E-state index in [1.54, 1.807) is 0 Å². The van der Waals surface area contributed by atoms with Gasteiger partial charge in [0.2, 0.25) is 0 Å². The van der Waals surface area contributed by atoms with Crippen molar-refractivity contribution in [1.29, 1.82) is 0 Å². The Morgan fingerprint density at radius 1 is 1.29 bits per heavy atom. The lowest BCUT2D eigenvalue weighted by molar-refractivity contribution is 0.292. The quantitative estimate of drug-likeness (QED) is 0.754. The van der Waals surface area contributed by atoms with Gasteiger partial charge in [0.25, 0.3) is 0 Å². The minimum Gasteiger partial charge on any atom is -0.298 e. The van der Waals surface area contributed by atoms with Gasteiger partial charge in [0.05, 0.1) is 5.69 Å². The zero-order chi connectivity index (χ0) is 10.4. The fourth-order valence-corrected chi connectivity index (χ4v) is 1.56. The molecule has 1 aromatic heterocycles. The molecule has 0 amide bonds. The maximum atomic E-state index is 4.28. The van der Waals surface area contributed by atoms with Gasteiger partial charge in [0.1, 0.15) is 0 Å². The fraction of sp³-hybridized carbons (Fsp3) is 0.727. The molecule has 3 nitrogen and oxygen atoms in total. The summed E-state index contributed by atoms with van der Waals surface area (Å²) in [6, 6.07) is 2.18. The summed E-state index contributed by atoms with van der Waals surface area (Å²) < 4.78 is 0. The lowest BCUT2D eigenvalue weighted by Gasteiger charge is -2.16. The first kappa shape index (κ1) is 11.2.